The minimum atomic E-state index is -3.25. The van der Waals surface area contributed by atoms with Crippen molar-refractivity contribution in [1.82, 2.24) is 10.0 Å². The zero-order valence-electron chi connectivity index (χ0n) is 17.4. The average Bonchev–Trinajstić information content (AvgIpc) is 2.67. The monoisotopic (exact) mass is 460 g/mol. The van der Waals surface area contributed by atoms with E-state index in [2.05, 4.69) is 10.0 Å². The van der Waals surface area contributed by atoms with Crippen LogP contribution >= 0.6 is 12.4 Å². The van der Waals surface area contributed by atoms with Gasteiger partial charge in [-0.05, 0) is 49.2 Å². The Balaban J connectivity index is 0.00000450. The van der Waals surface area contributed by atoms with Crippen molar-refractivity contribution in [2.75, 3.05) is 26.1 Å². The molecule has 0 spiro atoms. The van der Waals surface area contributed by atoms with Crippen molar-refractivity contribution in [2.45, 2.75) is 32.5 Å². The van der Waals surface area contributed by atoms with Crippen molar-refractivity contribution in [3.63, 3.8) is 0 Å². The number of sulfonamides is 1. The lowest BCUT2D eigenvalue weighted by atomic mass is 10.1. The molecule has 0 bridgehead atoms. The van der Waals surface area contributed by atoms with E-state index in [0.29, 0.717) is 32.1 Å². The second-order valence-corrected chi connectivity index (χ2v) is 8.64. The summed E-state index contributed by atoms with van der Waals surface area (Å²) in [5, 5.41) is 3.40. The lowest BCUT2D eigenvalue weighted by Crippen LogP contribution is -2.38. The highest BCUT2D eigenvalue weighted by molar-refractivity contribution is 7.88. The molecule has 2 aromatic carbocycles. The molecular weight excluding hydrogens is 431 g/mol. The SMILES string of the molecule is CCOCC(COc1ccc(F)cc1)NCc1ccc([C@@H](C)NS(C)(=O)=O)cc1.Cl. The first-order chi connectivity index (χ1) is 13.8. The zero-order valence-corrected chi connectivity index (χ0v) is 19.1. The highest BCUT2D eigenvalue weighted by Crippen LogP contribution is 2.15. The molecule has 0 heterocycles. The van der Waals surface area contributed by atoms with Gasteiger partial charge in [0.1, 0.15) is 18.2 Å². The number of hydrogen-bond acceptors (Lipinski definition) is 5. The molecule has 0 aromatic heterocycles. The summed E-state index contributed by atoms with van der Waals surface area (Å²) in [4.78, 5) is 0. The number of hydrogen-bond donors (Lipinski definition) is 2. The normalized spacial score (nSPS) is 13.3. The van der Waals surface area contributed by atoms with E-state index in [-0.39, 0.29) is 30.3 Å². The third kappa shape index (κ3) is 9.86. The first-order valence-electron chi connectivity index (χ1n) is 9.52. The largest absolute Gasteiger partial charge is 0.492 e. The summed E-state index contributed by atoms with van der Waals surface area (Å²) < 4.78 is 49.5. The van der Waals surface area contributed by atoms with E-state index in [9.17, 15) is 12.8 Å². The van der Waals surface area contributed by atoms with Gasteiger partial charge >= 0.3 is 0 Å². The lowest BCUT2D eigenvalue weighted by molar-refractivity contribution is 0.102. The first kappa shape index (κ1) is 26.3. The zero-order chi connectivity index (χ0) is 21.3. The fraction of sp³-hybridized carbons (Fsp3) is 0.429. The summed E-state index contributed by atoms with van der Waals surface area (Å²) in [6.07, 6.45) is 1.15. The molecule has 6 nitrogen and oxygen atoms in total. The van der Waals surface area contributed by atoms with Crippen molar-refractivity contribution in [1.29, 1.82) is 0 Å². The molecule has 0 aliphatic heterocycles. The van der Waals surface area contributed by atoms with Gasteiger partial charge in [-0.1, -0.05) is 24.3 Å². The van der Waals surface area contributed by atoms with Gasteiger partial charge in [0.25, 0.3) is 0 Å². The lowest BCUT2D eigenvalue weighted by Gasteiger charge is -2.20. The van der Waals surface area contributed by atoms with Crippen molar-refractivity contribution in [2.24, 2.45) is 0 Å². The summed E-state index contributed by atoms with van der Waals surface area (Å²) in [5.74, 6) is 0.303. The predicted molar refractivity (Wildman–Crippen MR) is 119 cm³/mol. The molecule has 0 saturated carbocycles. The molecule has 2 atom stereocenters. The smallest absolute Gasteiger partial charge is 0.209 e. The minimum absolute atomic E-state index is 0. The van der Waals surface area contributed by atoms with Crippen molar-refractivity contribution >= 4 is 22.4 Å². The maximum atomic E-state index is 13.0. The molecule has 2 rings (SSSR count). The van der Waals surface area contributed by atoms with Crippen LogP contribution in [0.5, 0.6) is 5.75 Å². The fourth-order valence-electron chi connectivity index (χ4n) is 2.73. The number of nitrogens with one attached hydrogen (secondary N) is 2. The van der Waals surface area contributed by atoms with Gasteiger partial charge in [0.2, 0.25) is 10.0 Å². The predicted octanol–water partition coefficient (Wildman–Crippen LogP) is 3.43. The summed E-state index contributed by atoms with van der Waals surface area (Å²) in [6, 6.07) is 13.3. The summed E-state index contributed by atoms with van der Waals surface area (Å²) in [5.41, 5.74) is 1.95. The van der Waals surface area contributed by atoms with Crippen molar-refractivity contribution in [3.05, 3.63) is 65.5 Å². The van der Waals surface area contributed by atoms with Crippen molar-refractivity contribution < 1.29 is 22.3 Å². The van der Waals surface area contributed by atoms with Crippen LogP contribution in [0.25, 0.3) is 0 Å². The summed E-state index contributed by atoms with van der Waals surface area (Å²) in [6.45, 7) is 5.83. The van der Waals surface area contributed by atoms with Crippen LogP contribution < -0.4 is 14.8 Å². The Hall–Kier alpha value is -1.71. The standard InChI is InChI=1S/C21H29FN2O4S.ClH/c1-4-27-14-20(15-28-21-11-9-19(22)10-12-21)23-13-17-5-7-18(8-6-17)16(2)24-29(3,25)26;/h5-12,16,20,23-24H,4,13-15H2,1-3H3;1H/t16-,20?;/m1./s1. The Morgan fingerprint density at radius 3 is 2.23 bits per heavy atom. The van der Waals surface area contributed by atoms with Crippen LogP contribution in [-0.2, 0) is 21.3 Å². The van der Waals surface area contributed by atoms with Gasteiger partial charge in [0, 0.05) is 19.2 Å². The Kier molecular flexibility index (Phi) is 11.3. The molecular formula is C21H30ClFN2O4S. The molecule has 1 unspecified atom stereocenters. The minimum Gasteiger partial charge on any atom is -0.492 e. The second-order valence-electron chi connectivity index (χ2n) is 6.86. The van der Waals surface area contributed by atoms with E-state index in [1.807, 2.05) is 31.2 Å². The molecule has 168 valence electrons. The third-order valence-corrected chi connectivity index (χ3v) is 5.04. The number of rotatable bonds is 12. The van der Waals surface area contributed by atoms with Gasteiger partial charge in [0.05, 0.1) is 18.9 Å². The van der Waals surface area contributed by atoms with Gasteiger partial charge in [-0.15, -0.1) is 12.4 Å². The topological polar surface area (TPSA) is 76.7 Å². The third-order valence-electron chi connectivity index (χ3n) is 4.25. The van der Waals surface area contributed by atoms with Gasteiger partial charge < -0.3 is 14.8 Å². The van der Waals surface area contributed by atoms with E-state index in [1.54, 1.807) is 19.1 Å². The maximum absolute atomic E-state index is 13.0. The molecule has 2 N–H and O–H groups in total. The van der Waals surface area contributed by atoms with Crippen LogP contribution in [0.15, 0.2) is 48.5 Å². The molecule has 0 aliphatic rings. The van der Waals surface area contributed by atoms with Crippen LogP contribution in [0.1, 0.15) is 31.0 Å². The van der Waals surface area contributed by atoms with E-state index < -0.39 is 10.0 Å². The van der Waals surface area contributed by atoms with E-state index in [4.69, 9.17) is 9.47 Å². The average molecular weight is 461 g/mol. The molecule has 9 heteroatoms. The van der Waals surface area contributed by atoms with E-state index in [1.165, 1.54) is 12.1 Å². The van der Waals surface area contributed by atoms with E-state index >= 15 is 0 Å². The van der Waals surface area contributed by atoms with Gasteiger partial charge in [-0.25, -0.2) is 17.5 Å². The molecule has 2 aromatic rings. The molecule has 0 fully saturated rings. The Morgan fingerprint density at radius 1 is 1.03 bits per heavy atom. The van der Waals surface area contributed by atoms with Crippen LogP contribution in [0.2, 0.25) is 0 Å². The molecule has 0 aliphatic carbocycles. The fourth-order valence-corrected chi connectivity index (χ4v) is 3.51. The van der Waals surface area contributed by atoms with Crippen LogP contribution in [-0.4, -0.2) is 40.5 Å². The highest BCUT2D eigenvalue weighted by atomic mass is 35.5. The molecule has 30 heavy (non-hydrogen) atoms. The Morgan fingerprint density at radius 2 is 1.67 bits per heavy atom. The number of ether oxygens (including phenoxy) is 2. The van der Waals surface area contributed by atoms with Crippen LogP contribution in [0.4, 0.5) is 4.39 Å². The molecule has 0 radical (unpaired) electrons. The Labute approximate surface area is 184 Å². The molecule has 0 amide bonds. The second kappa shape index (κ2) is 12.9. The molecule has 0 saturated heterocycles. The summed E-state index contributed by atoms with van der Waals surface area (Å²) >= 11 is 0. The number of benzene rings is 2. The van der Waals surface area contributed by atoms with Crippen molar-refractivity contribution in [3.8, 4) is 5.75 Å². The van der Waals surface area contributed by atoms with Gasteiger partial charge in [0.15, 0.2) is 0 Å². The summed E-state index contributed by atoms with van der Waals surface area (Å²) in [7, 11) is -3.25. The van der Waals surface area contributed by atoms with E-state index in [0.717, 1.165) is 17.4 Å². The maximum Gasteiger partial charge on any atom is 0.209 e. The Bertz CT molecular complexity index is 848. The first-order valence-corrected chi connectivity index (χ1v) is 11.4. The number of halogens is 2. The van der Waals surface area contributed by atoms with Crippen LogP contribution in [0.3, 0.4) is 0 Å². The van der Waals surface area contributed by atoms with Gasteiger partial charge in [-0.3, -0.25) is 0 Å². The quantitative estimate of drug-likeness (QED) is 0.507. The van der Waals surface area contributed by atoms with Gasteiger partial charge in [-0.2, -0.15) is 0 Å². The van der Waals surface area contributed by atoms with Crippen LogP contribution in [0, 0.1) is 5.82 Å². The highest BCUT2D eigenvalue weighted by Gasteiger charge is 2.12.